The Morgan fingerprint density at radius 2 is 2.21 bits per heavy atom. The van der Waals surface area contributed by atoms with Crippen LogP contribution in [0.25, 0.3) is 0 Å². The molecule has 0 spiro atoms. The normalized spacial score (nSPS) is 38.8. The van der Waals surface area contributed by atoms with Crippen LogP contribution in [0.2, 0.25) is 0 Å². The first-order chi connectivity index (χ1) is 6.86. The Kier molecular flexibility index (Phi) is 3.75. The second kappa shape index (κ2) is 5.07. The molecule has 0 bridgehead atoms. The number of aliphatic hydroxyl groups is 1. The monoisotopic (exact) mass is 201 g/mol. The van der Waals surface area contributed by atoms with E-state index in [1.807, 2.05) is 0 Å². The maximum Gasteiger partial charge on any atom is 0.0948 e. The third kappa shape index (κ3) is 2.67. The minimum atomic E-state index is -0.349. The van der Waals surface area contributed by atoms with Gasteiger partial charge in [-0.1, -0.05) is 0 Å². The number of hydrogen-bond donors (Lipinski definition) is 2. The molecule has 0 aromatic rings. The van der Waals surface area contributed by atoms with Crippen LogP contribution in [0.15, 0.2) is 0 Å². The molecule has 0 amide bonds. The van der Waals surface area contributed by atoms with E-state index in [1.165, 1.54) is 12.8 Å². The first-order valence-corrected chi connectivity index (χ1v) is 5.47. The third-order valence-electron chi connectivity index (χ3n) is 2.93. The van der Waals surface area contributed by atoms with Crippen LogP contribution in [-0.2, 0) is 9.47 Å². The largest absolute Gasteiger partial charge is 0.389 e. The van der Waals surface area contributed by atoms with Gasteiger partial charge in [-0.15, -0.1) is 0 Å². The predicted octanol–water partition coefficient (Wildman–Crippen LogP) is -0.0952. The van der Waals surface area contributed by atoms with Crippen LogP contribution >= 0.6 is 0 Å². The molecule has 4 nitrogen and oxygen atoms in total. The van der Waals surface area contributed by atoms with Crippen molar-refractivity contribution >= 4 is 0 Å². The van der Waals surface area contributed by atoms with Crippen LogP contribution in [-0.4, -0.2) is 49.7 Å². The molecule has 82 valence electrons. The summed E-state index contributed by atoms with van der Waals surface area (Å²) in [5, 5.41) is 12.8. The second-order valence-corrected chi connectivity index (χ2v) is 4.11. The van der Waals surface area contributed by atoms with Gasteiger partial charge in [-0.2, -0.15) is 0 Å². The van der Waals surface area contributed by atoms with Gasteiger partial charge in [0.05, 0.1) is 31.5 Å². The molecule has 2 N–H and O–H groups in total. The fraction of sp³-hybridized carbons (Fsp3) is 1.00. The summed E-state index contributed by atoms with van der Waals surface area (Å²) < 4.78 is 10.7. The first kappa shape index (κ1) is 10.4. The van der Waals surface area contributed by atoms with Crippen molar-refractivity contribution in [1.29, 1.82) is 0 Å². The number of aliphatic hydroxyl groups excluding tert-OH is 1. The van der Waals surface area contributed by atoms with E-state index in [0.29, 0.717) is 19.3 Å². The zero-order valence-corrected chi connectivity index (χ0v) is 8.45. The van der Waals surface area contributed by atoms with Gasteiger partial charge in [0.15, 0.2) is 0 Å². The third-order valence-corrected chi connectivity index (χ3v) is 2.93. The van der Waals surface area contributed by atoms with Crippen molar-refractivity contribution < 1.29 is 14.6 Å². The number of nitrogens with one attached hydrogen (secondary N) is 1. The molecule has 0 radical (unpaired) electrons. The second-order valence-electron chi connectivity index (χ2n) is 4.11. The molecule has 0 aromatic carbocycles. The maximum atomic E-state index is 9.49. The van der Waals surface area contributed by atoms with Crippen LogP contribution in [0, 0.1) is 0 Å². The maximum absolute atomic E-state index is 9.49. The van der Waals surface area contributed by atoms with Gasteiger partial charge in [0.25, 0.3) is 0 Å². The van der Waals surface area contributed by atoms with Crippen molar-refractivity contribution in [2.24, 2.45) is 0 Å². The SMILES string of the molecule is OC1COCC1NCC1CCCCO1. The van der Waals surface area contributed by atoms with Gasteiger partial charge in [-0.3, -0.25) is 0 Å². The van der Waals surface area contributed by atoms with E-state index < -0.39 is 0 Å². The van der Waals surface area contributed by atoms with E-state index in [2.05, 4.69) is 5.32 Å². The molecule has 2 rings (SSSR count). The molecule has 0 aliphatic carbocycles. The molecule has 2 heterocycles. The summed E-state index contributed by atoms with van der Waals surface area (Å²) in [7, 11) is 0. The van der Waals surface area contributed by atoms with Crippen molar-refractivity contribution in [3.05, 3.63) is 0 Å². The molecule has 0 aromatic heterocycles. The highest BCUT2D eigenvalue weighted by molar-refractivity contribution is 4.82. The Morgan fingerprint density at radius 3 is 2.86 bits per heavy atom. The number of hydrogen-bond acceptors (Lipinski definition) is 4. The molecule has 4 heteroatoms. The molecule has 0 saturated carbocycles. The molecule has 3 unspecified atom stereocenters. The molecular weight excluding hydrogens is 182 g/mol. The average Bonchev–Trinajstić information content (AvgIpc) is 2.63. The van der Waals surface area contributed by atoms with Gasteiger partial charge in [0.2, 0.25) is 0 Å². The molecule has 14 heavy (non-hydrogen) atoms. The summed E-state index contributed by atoms with van der Waals surface area (Å²) in [5.74, 6) is 0. The lowest BCUT2D eigenvalue weighted by Crippen LogP contribution is -2.43. The predicted molar refractivity (Wildman–Crippen MR) is 52.2 cm³/mol. The summed E-state index contributed by atoms with van der Waals surface area (Å²) in [6, 6.07) is 0.0977. The highest BCUT2D eigenvalue weighted by atomic mass is 16.5. The first-order valence-electron chi connectivity index (χ1n) is 5.47. The summed E-state index contributed by atoms with van der Waals surface area (Å²) >= 11 is 0. The molecule has 2 aliphatic heterocycles. The Hall–Kier alpha value is -0.160. The van der Waals surface area contributed by atoms with Gasteiger partial charge in [0.1, 0.15) is 0 Å². The standard InChI is InChI=1S/C10H19NO3/c12-10-7-13-6-9(10)11-5-8-3-1-2-4-14-8/h8-12H,1-7H2. The van der Waals surface area contributed by atoms with Crippen LogP contribution in [0.4, 0.5) is 0 Å². The van der Waals surface area contributed by atoms with E-state index in [1.54, 1.807) is 0 Å². The smallest absolute Gasteiger partial charge is 0.0948 e. The van der Waals surface area contributed by atoms with Crippen molar-refractivity contribution in [3.63, 3.8) is 0 Å². The van der Waals surface area contributed by atoms with Gasteiger partial charge in [-0.05, 0) is 19.3 Å². The lowest BCUT2D eigenvalue weighted by atomic mass is 10.1. The van der Waals surface area contributed by atoms with Crippen LogP contribution in [0.1, 0.15) is 19.3 Å². The Balaban J connectivity index is 1.65. The molecule has 2 fully saturated rings. The summed E-state index contributed by atoms with van der Waals surface area (Å²) in [6.07, 6.45) is 3.56. The van der Waals surface area contributed by atoms with Gasteiger partial charge in [0, 0.05) is 13.2 Å². The number of rotatable bonds is 3. The minimum Gasteiger partial charge on any atom is -0.389 e. The fourth-order valence-corrected chi connectivity index (χ4v) is 1.99. The highest BCUT2D eigenvalue weighted by Gasteiger charge is 2.26. The lowest BCUT2D eigenvalue weighted by molar-refractivity contribution is 0.0132. The highest BCUT2D eigenvalue weighted by Crippen LogP contribution is 2.12. The number of ether oxygens (including phenoxy) is 2. The molecular formula is C10H19NO3. The summed E-state index contributed by atoms with van der Waals surface area (Å²) in [4.78, 5) is 0. The Labute approximate surface area is 84.6 Å². The van der Waals surface area contributed by atoms with Crippen LogP contribution in [0.5, 0.6) is 0 Å². The Bertz CT molecular complexity index is 171. The zero-order chi connectivity index (χ0) is 9.80. The van der Waals surface area contributed by atoms with Crippen molar-refractivity contribution in [2.45, 2.75) is 37.5 Å². The van der Waals surface area contributed by atoms with E-state index >= 15 is 0 Å². The van der Waals surface area contributed by atoms with E-state index in [0.717, 1.165) is 19.6 Å². The average molecular weight is 201 g/mol. The zero-order valence-electron chi connectivity index (χ0n) is 8.45. The van der Waals surface area contributed by atoms with E-state index in [9.17, 15) is 5.11 Å². The minimum absolute atomic E-state index is 0.0977. The summed E-state index contributed by atoms with van der Waals surface area (Å²) in [6.45, 7) is 2.80. The van der Waals surface area contributed by atoms with Gasteiger partial charge >= 0.3 is 0 Å². The molecule has 2 aliphatic rings. The van der Waals surface area contributed by atoms with Crippen molar-refractivity contribution in [3.8, 4) is 0 Å². The summed E-state index contributed by atoms with van der Waals surface area (Å²) in [5.41, 5.74) is 0. The Morgan fingerprint density at radius 1 is 1.29 bits per heavy atom. The van der Waals surface area contributed by atoms with Gasteiger partial charge < -0.3 is 19.9 Å². The van der Waals surface area contributed by atoms with E-state index in [-0.39, 0.29) is 12.1 Å². The van der Waals surface area contributed by atoms with Crippen molar-refractivity contribution in [1.82, 2.24) is 5.32 Å². The molecule has 2 saturated heterocycles. The lowest BCUT2D eigenvalue weighted by Gasteiger charge is -2.25. The van der Waals surface area contributed by atoms with Crippen LogP contribution < -0.4 is 5.32 Å². The van der Waals surface area contributed by atoms with Crippen molar-refractivity contribution in [2.75, 3.05) is 26.4 Å². The van der Waals surface area contributed by atoms with E-state index in [4.69, 9.17) is 9.47 Å². The molecule has 3 atom stereocenters. The fourth-order valence-electron chi connectivity index (χ4n) is 1.99. The van der Waals surface area contributed by atoms with Crippen LogP contribution in [0.3, 0.4) is 0 Å². The quantitative estimate of drug-likeness (QED) is 0.670. The van der Waals surface area contributed by atoms with Gasteiger partial charge in [-0.25, -0.2) is 0 Å². The topological polar surface area (TPSA) is 50.7 Å².